The number of benzene rings is 2. The summed E-state index contributed by atoms with van der Waals surface area (Å²) in [6, 6.07) is 11.4. The fraction of sp³-hybridized carbons (Fsp3) is 0.222. The molecule has 0 spiro atoms. The van der Waals surface area contributed by atoms with Crippen LogP contribution >= 0.6 is 23.2 Å². The van der Waals surface area contributed by atoms with Crippen LogP contribution < -0.4 is 25.1 Å². The van der Waals surface area contributed by atoms with Gasteiger partial charge in [0.15, 0.2) is 12.7 Å². The van der Waals surface area contributed by atoms with Crippen molar-refractivity contribution in [2.45, 2.75) is 13.0 Å². The molecule has 0 aliphatic rings. The third kappa shape index (κ3) is 6.54. The van der Waals surface area contributed by atoms with Crippen molar-refractivity contribution < 1.29 is 23.8 Å². The van der Waals surface area contributed by atoms with E-state index in [1.54, 1.807) is 36.4 Å². The quantitative estimate of drug-likeness (QED) is 0.682. The van der Waals surface area contributed by atoms with Crippen molar-refractivity contribution >= 4 is 35.0 Å². The van der Waals surface area contributed by atoms with Gasteiger partial charge in [0, 0.05) is 11.1 Å². The van der Waals surface area contributed by atoms with Gasteiger partial charge in [0.2, 0.25) is 0 Å². The molecule has 0 bridgehead atoms. The Hall–Kier alpha value is -2.64. The minimum atomic E-state index is -0.900. The van der Waals surface area contributed by atoms with Gasteiger partial charge in [-0.1, -0.05) is 29.3 Å². The van der Waals surface area contributed by atoms with Crippen LogP contribution in [0, 0.1) is 0 Å². The molecule has 1 unspecified atom stereocenters. The normalized spacial score (nSPS) is 11.3. The van der Waals surface area contributed by atoms with E-state index in [2.05, 4.69) is 10.9 Å². The lowest BCUT2D eigenvalue weighted by atomic mass is 10.3. The van der Waals surface area contributed by atoms with Crippen molar-refractivity contribution in [1.82, 2.24) is 10.9 Å². The van der Waals surface area contributed by atoms with Crippen LogP contribution in [0.1, 0.15) is 6.92 Å². The van der Waals surface area contributed by atoms with E-state index in [1.165, 1.54) is 20.1 Å². The Morgan fingerprint density at radius 3 is 2.52 bits per heavy atom. The van der Waals surface area contributed by atoms with Crippen molar-refractivity contribution in [3.63, 3.8) is 0 Å². The maximum atomic E-state index is 12.0. The molecule has 0 aliphatic heterocycles. The molecule has 144 valence electrons. The molecular formula is C18H18Cl2N2O5. The van der Waals surface area contributed by atoms with Crippen LogP contribution in [0.5, 0.6) is 17.2 Å². The summed E-state index contributed by atoms with van der Waals surface area (Å²) in [4.78, 5) is 23.8. The Morgan fingerprint density at radius 2 is 1.81 bits per heavy atom. The first-order valence-electron chi connectivity index (χ1n) is 7.86. The molecule has 2 rings (SSSR count). The number of amides is 2. The van der Waals surface area contributed by atoms with Gasteiger partial charge in [0.1, 0.15) is 17.2 Å². The number of halogens is 2. The summed E-state index contributed by atoms with van der Waals surface area (Å²) in [5, 5.41) is 0.727. The highest BCUT2D eigenvalue weighted by Gasteiger charge is 2.17. The molecule has 0 heterocycles. The average Bonchev–Trinajstić information content (AvgIpc) is 2.66. The van der Waals surface area contributed by atoms with E-state index >= 15 is 0 Å². The Balaban J connectivity index is 1.77. The van der Waals surface area contributed by atoms with E-state index in [0.29, 0.717) is 22.3 Å². The number of carbonyl (C=O) groups excluding carboxylic acids is 2. The number of hydrogen-bond acceptors (Lipinski definition) is 5. The summed E-state index contributed by atoms with van der Waals surface area (Å²) in [6.07, 6.45) is -0.900. The van der Waals surface area contributed by atoms with Crippen molar-refractivity contribution in [2.24, 2.45) is 0 Å². The zero-order valence-corrected chi connectivity index (χ0v) is 16.1. The smallest absolute Gasteiger partial charge is 0.279 e. The Labute approximate surface area is 166 Å². The predicted octanol–water partition coefficient (Wildman–Crippen LogP) is 3.00. The maximum absolute atomic E-state index is 12.0. The maximum Gasteiger partial charge on any atom is 0.279 e. The number of ether oxygens (including phenoxy) is 3. The molecule has 9 heteroatoms. The van der Waals surface area contributed by atoms with Crippen LogP contribution in [-0.2, 0) is 9.59 Å². The summed E-state index contributed by atoms with van der Waals surface area (Å²) in [5.41, 5.74) is 4.50. The Morgan fingerprint density at radius 1 is 1.07 bits per heavy atom. The van der Waals surface area contributed by atoms with E-state index < -0.39 is 17.9 Å². The summed E-state index contributed by atoms with van der Waals surface area (Å²) in [7, 11) is 1.53. The molecule has 0 aliphatic carbocycles. The van der Waals surface area contributed by atoms with E-state index in [9.17, 15) is 9.59 Å². The van der Waals surface area contributed by atoms with Crippen LogP contribution in [0.15, 0.2) is 42.5 Å². The van der Waals surface area contributed by atoms with Crippen LogP contribution in [0.4, 0.5) is 0 Å². The lowest BCUT2D eigenvalue weighted by Gasteiger charge is -2.16. The van der Waals surface area contributed by atoms with Crippen molar-refractivity contribution in [3.8, 4) is 17.2 Å². The predicted molar refractivity (Wildman–Crippen MR) is 101 cm³/mol. The molecule has 2 amide bonds. The molecule has 2 aromatic carbocycles. The lowest BCUT2D eigenvalue weighted by Crippen LogP contribution is -2.48. The molecule has 0 fully saturated rings. The first-order chi connectivity index (χ1) is 12.9. The molecule has 2 aromatic rings. The molecule has 0 aromatic heterocycles. The van der Waals surface area contributed by atoms with E-state index in [0.717, 1.165) is 0 Å². The second-order valence-electron chi connectivity index (χ2n) is 5.34. The third-order valence-electron chi connectivity index (χ3n) is 3.30. The molecule has 2 N–H and O–H groups in total. The largest absolute Gasteiger partial charge is 0.497 e. The number of hydrazine groups is 1. The molecule has 0 radical (unpaired) electrons. The SMILES string of the molecule is COc1cccc(OCC(=O)NNC(=O)C(C)Oc2ccc(Cl)cc2Cl)c1. The third-order valence-corrected chi connectivity index (χ3v) is 3.83. The second kappa shape index (κ2) is 9.89. The number of nitrogens with one attached hydrogen (secondary N) is 2. The zero-order chi connectivity index (χ0) is 19.8. The minimum absolute atomic E-state index is 0.276. The van der Waals surface area contributed by atoms with Crippen LogP contribution in [0.2, 0.25) is 10.0 Å². The summed E-state index contributed by atoms with van der Waals surface area (Å²) < 4.78 is 15.8. The zero-order valence-electron chi connectivity index (χ0n) is 14.6. The number of hydrogen-bond donors (Lipinski definition) is 2. The van der Waals surface area contributed by atoms with Crippen LogP contribution in [0.3, 0.4) is 0 Å². The second-order valence-corrected chi connectivity index (χ2v) is 6.18. The fourth-order valence-electron chi connectivity index (χ4n) is 1.92. The summed E-state index contributed by atoms with van der Waals surface area (Å²) >= 11 is 11.8. The standard InChI is InChI=1S/C18H18Cl2N2O5/c1-11(27-16-7-6-12(19)8-15(16)20)18(24)22-21-17(23)10-26-14-5-3-4-13(9-14)25-2/h3-9,11H,10H2,1-2H3,(H,21,23)(H,22,24). The average molecular weight is 413 g/mol. The van der Waals surface area contributed by atoms with Gasteiger partial charge in [0.05, 0.1) is 12.1 Å². The number of rotatable bonds is 7. The van der Waals surface area contributed by atoms with Gasteiger partial charge in [-0.3, -0.25) is 20.4 Å². The van der Waals surface area contributed by atoms with E-state index in [-0.39, 0.29) is 11.6 Å². The highest BCUT2D eigenvalue weighted by atomic mass is 35.5. The van der Waals surface area contributed by atoms with E-state index in [1.807, 2.05) is 0 Å². The topological polar surface area (TPSA) is 85.9 Å². The first-order valence-corrected chi connectivity index (χ1v) is 8.62. The lowest BCUT2D eigenvalue weighted by molar-refractivity contribution is -0.133. The monoisotopic (exact) mass is 412 g/mol. The molecular weight excluding hydrogens is 395 g/mol. The van der Waals surface area contributed by atoms with Crippen molar-refractivity contribution in [1.29, 1.82) is 0 Å². The molecule has 0 saturated heterocycles. The first kappa shape index (κ1) is 20.7. The van der Waals surface area contributed by atoms with Crippen LogP contribution in [-0.4, -0.2) is 31.6 Å². The van der Waals surface area contributed by atoms with Gasteiger partial charge < -0.3 is 14.2 Å². The van der Waals surface area contributed by atoms with Crippen molar-refractivity contribution in [3.05, 3.63) is 52.5 Å². The van der Waals surface area contributed by atoms with Gasteiger partial charge in [-0.05, 0) is 37.3 Å². The molecule has 27 heavy (non-hydrogen) atoms. The van der Waals surface area contributed by atoms with E-state index in [4.69, 9.17) is 37.4 Å². The number of carbonyl (C=O) groups is 2. The van der Waals surface area contributed by atoms with Gasteiger partial charge >= 0.3 is 0 Å². The summed E-state index contributed by atoms with van der Waals surface area (Å²) in [6.45, 7) is 1.23. The van der Waals surface area contributed by atoms with Gasteiger partial charge in [-0.2, -0.15) is 0 Å². The van der Waals surface area contributed by atoms with Gasteiger partial charge in [-0.15, -0.1) is 0 Å². The van der Waals surface area contributed by atoms with Gasteiger partial charge in [0.25, 0.3) is 11.8 Å². The van der Waals surface area contributed by atoms with Crippen LogP contribution in [0.25, 0.3) is 0 Å². The highest BCUT2D eigenvalue weighted by Crippen LogP contribution is 2.28. The highest BCUT2D eigenvalue weighted by molar-refractivity contribution is 6.35. The van der Waals surface area contributed by atoms with Gasteiger partial charge in [-0.25, -0.2) is 0 Å². The fourth-order valence-corrected chi connectivity index (χ4v) is 2.38. The molecule has 1 atom stereocenters. The Bertz CT molecular complexity index is 816. The van der Waals surface area contributed by atoms with Crippen molar-refractivity contribution in [2.75, 3.05) is 13.7 Å². The summed E-state index contributed by atoms with van der Waals surface area (Å²) in [5.74, 6) is 0.271. The minimum Gasteiger partial charge on any atom is -0.497 e. The molecule has 0 saturated carbocycles. The Kier molecular flexibility index (Phi) is 7.57. The molecule has 7 nitrogen and oxygen atoms in total. The number of methoxy groups -OCH3 is 1.